The lowest BCUT2D eigenvalue weighted by molar-refractivity contribution is -0.116. The quantitative estimate of drug-likeness (QED) is 0.467. The number of carbonyl (C=O) groups excluding carboxylic acids is 1. The molecule has 132 valence electrons. The van der Waals surface area contributed by atoms with E-state index in [0.29, 0.717) is 21.7 Å². The Hall–Kier alpha value is -2.89. The van der Waals surface area contributed by atoms with Gasteiger partial charge in [-0.3, -0.25) is 4.79 Å². The molecule has 3 aromatic carbocycles. The third-order valence-corrected chi connectivity index (χ3v) is 5.69. The number of carbonyl (C=O) groups is 1. The number of amides is 1. The largest absolute Gasteiger partial charge is 0.457 e. The first kappa shape index (κ1) is 16.3. The molecule has 0 fully saturated rings. The fourth-order valence-electron chi connectivity index (χ4n) is 3.32. The van der Waals surface area contributed by atoms with Gasteiger partial charge in [0, 0.05) is 16.1 Å². The molecular formula is C21H13ClN2O2S. The summed E-state index contributed by atoms with van der Waals surface area (Å²) in [7, 11) is 0. The Morgan fingerprint density at radius 3 is 2.37 bits per heavy atom. The second kappa shape index (κ2) is 6.37. The van der Waals surface area contributed by atoms with Gasteiger partial charge < -0.3 is 10.1 Å². The molecule has 2 heterocycles. The number of benzene rings is 3. The van der Waals surface area contributed by atoms with E-state index < -0.39 is 5.92 Å². The number of para-hydroxylation sites is 2. The van der Waals surface area contributed by atoms with Crippen molar-refractivity contribution >= 4 is 44.2 Å². The summed E-state index contributed by atoms with van der Waals surface area (Å²) in [4.78, 5) is 17.7. The van der Waals surface area contributed by atoms with E-state index in [4.69, 9.17) is 16.3 Å². The first-order valence-corrected chi connectivity index (χ1v) is 9.61. The van der Waals surface area contributed by atoms with Crippen molar-refractivity contribution in [1.82, 2.24) is 4.98 Å². The minimum atomic E-state index is -0.457. The number of ether oxygens (including phenoxy) is 1. The monoisotopic (exact) mass is 392 g/mol. The Bertz CT molecular complexity index is 1140. The Morgan fingerprint density at radius 2 is 1.67 bits per heavy atom. The number of nitrogens with zero attached hydrogens (tertiary/aromatic N) is 1. The highest BCUT2D eigenvalue weighted by Gasteiger charge is 2.32. The molecule has 5 rings (SSSR count). The molecular weight excluding hydrogens is 380 g/mol. The maximum absolute atomic E-state index is 13.2. The zero-order chi connectivity index (χ0) is 18.4. The normalized spacial score (nSPS) is 12.9. The van der Waals surface area contributed by atoms with E-state index in [-0.39, 0.29) is 5.91 Å². The van der Waals surface area contributed by atoms with Crippen molar-refractivity contribution < 1.29 is 9.53 Å². The second-order valence-corrected chi connectivity index (χ2v) is 7.70. The highest BCUT2D eigenvalue weighted by molar-refractivity contribution is 7.22. The van der Waals surface area contributed by atoms with Crippen molar-refractivity contribution in [3.8, 4) is 11.5 Å². The first-order chi connectivity index (χ1) is 13.2. The zero-order valence-electron chi connectivity index (χ0n) is 14.0. The number of rotatable bonds is 2. The van der Waals surface area contributed by atoms with Gasteiger partial charge >= 0.3 is 0 Å². The average molecular weight is 393 g/mol. The van der Waals surface area contributed by atoms with Crippen LogP contribution in [-0.4, -0.2) is 10.9 Å². The Morgan fingerprint density at radius 1 is 1.00 bits per heavy atom. The zero-order valence-corrected chi connectivity index (χ0v) is 15.6. The number of hydrogen-bond acceptors (Lipinski definition) is 4. The molecule has 0 saturated heterocycles. The molecule has 0 atom stereocenters. The summed E-state index contributed by atoms with van der Waals surface area (Å²) in [5, 5.41) is 4.18. The van der Waals surface area contributed by atoms with Crippen LogP contribution in [0.4, 0.5) is 5.13 Å². The van der Waals surface area contributed by atoms with Crippen molar-refractivity contribution in [2.45, 2.75) is 5.92 Å². The van der Waals surface area contributed by atoms with Gasteiger partial charge in [-0.2, -0.15) is 0 Å². The van der Waals surface area contributed by atoms with Crippen LogP contribution in [0, 0.1) is 0 Å². The Balaban J connectivity index is 1.54. The van der Waals surface area contributed by atoms with Gasteiger partial charge in [-0.05, 0) is 30.3 Å². The van der Waals surface area contributed by atoms with Crippen LogP contribution in [0.15, 0.2) is 66.7 Å². The van der Waals surface area contributed by atoms with Gasteiger partial charge in [0.2, 0.25) is 5.91 Å². The van der Waals surface area contributed by atoms with Crippen LogP contribution in [0.3, 0.4) is 0 Å². The summed E-state index contributed by atoms with van der Waals surface area (Å²) in [5.74, 6) is 0.810. The number of thiazole rings is 1. The van der Waals surface area contributed by atoms with Crippen molar-refractivity contribution in [1.29, 1.82) is 0 Å². The molecule has 27 heavy (non-hydrogen) atoms. The predicted molar refractivity (Wildman–Crippen MR) is 108 cm³/mol. The molecule has 4 aromatic rings. The molecule has 0 unspecified atom stereocenters. The molecule has 1 aliphatic heterocycles. The molecule has 0 saturated carbocycles. The average Bonchev–Trinajstić information content (AvgIpc) is 3.07. The highest BCUT2D eigenvalue weighted by Crippen LogP contribution is 2.44. The maximum atomic E-state index is 13.2. The van der Waals surface area contributed by atoms with Gasteiger partial charge in [0.25, 0.3) is 0 Å². The predicted octanol–water partition coefficient (Wildman–Crippen LogP) is 5.83. The van der Waals surface area contributed by atoms with E-state index >= 15 is 0 Å². The lowest BCUT2D eigenvalue weighted by Crippen LogP contribution is -2.24. The van der Waals surface area contributed by atoms with Crippen LogP contribution in [0.2, 0.25) is 5.02 Å². The van der Waals surface area contributed by atoms with Crippen molar-refractivity contribution in [3.05, 3.63) is 82.9 Å². The summed E-state index contributed by atoms with van der Waals surface area (Å²) in [6.45, 7) is 0. The van der Waals surface area contributed by atoms with Crippen LogP contribution >= 0.6 is 22.9 Å². The summed E-state index contributed by atoms with van der Waals surface area (Å²) in [5.41, 5.74) is 2.50. The number of fused-ring (bicyclic) bond motifs is 3. The van der Waals surface area contributed by atoms with Crippen molar-refractivity contribution in [2.75, 3.05) is 5.32 Å². The number of anilines is 1. The second-order valence-electron chi connectivity index (χ2n) is 6.23. The first-order valence-electron chi connectivity index (χ1n) is 8.42. The smallest absolute Gasteiger partial charge is 0.238 e. The third-order valence-electron chi connectivity index (χ3n) is 4.52. The van der Waals surface area contributed by atoms with Gasteiger partial charge in [0.05, 0.1) is 16.1 Å². The van der Waals surface area contributed by atoms with Gasteiger partial charge in [0.1, 0.15) is 11.5 Å². The summed E-state index contributed by atoms with van der Waals surface area (Å²) >= 11 is 7.45. The Labute approximate surface area is 164 Å². The van der Waals surface area contributed by atoms with E-state index in [0.717, 1.165) is 21.3 Å². The van der Waals surface area contributed by atoms with Crippen LogP contribution in [-0.2, 0) is 4.79 Å². The minimum Gasteiger partial charge on any atom is -0.457 e. The lowest BCUT2D eigenvalue weighted by Gasteiger charge is -2.27. The van der Waals surface area contributed by atoms with Crippen LogP contribution in [0.5, 0.6) is 11.5 Å². The minimum absolute atomic E-state index is 0.136. The number of halogens is 1. The number of hydrogen-bond donors (Lipinski definition) is 1. The van der Waals surface area contributed by atoms with Gasteiger partial charge in [-0.25, -0.2) is 4.98 Å². The van der Waals surface area contributed by atoms with Crippen molar-refractivity contribution in [3.63, 3.8) is 0 Å². The molecule has 0 spiro atoms. The van der Waals surface area contributed by atoms with E-state index in [1.54, 1.807) is 6.07 Å². The van der Waals surface area contributed by atoms with E-state index in [1.807, 2.05) is 60.7 Å². The van der Waals surface area contributed by atoms with Crippen LogP contribution in [0.25, 0.3) is 10.2 Å². The molecule has 0 aliphatic carbocycles. The molecule has 0 radical (unpaired) electrons. The molecule has 1 aromatic heterocycles. The molecule has 1 N–H and O–H groups in total. The number of nitrogens with one attached hydrogen (secondary N) is 1. The maximum Gasteiger partial charge on any atom is 0.238 e. The fourth-order valence-corrected chi connectivity index (χ4v) is 4.47. The molecule has 4 nitrogen and oxygen atoms in total. The standard InChI is InChI=1S/C21H13ClN2O2S/c22-12-9-10-15-18(11-12)27-21(23-15)24-20(25)19-13-5-1-3-7-16(13)26-17-8-4-2-6-14(17)19/h1-11,19H,(H,23,24,25). The van der Waals surface area contributed by atoms with Gasteiger partial charge in [-0.15, -0.1) is 0 Å². The summed E-state index contributed by atoms with van der Waals surface area (Å²) < 4.78 is 6.90. The Kier molecular flexibility index (Phi) is 3.85. The number of aromatic nitrogens is 1. The SMILES string of the molecule is O=C(Nc1nc2ccc(Cl)cc2s1)C1c2ccccc2Oc2ccccc21. The summed E-state index contributed by atoms with van der Waals surface area (Å²) in [6, 6.07) is 20.7. The third kappa shape index (κ3) is 2.85. The lowest BCUT2D eigenvalue weighted by atomic mass is 9.87. The van der Waals surface area contributed by atoms with Crippen molar-refractivity contribution in [2.24, 2.45) is 0 Å². The van der Waals surface area contributed by atoms with E-state index in [9.17, 15) is 4.79 Å². The summed E-state index contributed by atoms with van der Waals surface area (Å²) in [6.07, 6.45) is 0. The van der Waals surface area contributed by atoms with Gasteiger partial charge in [0.15, 0.2) is 5.13 Å². The molecule has 1 aliphatic rings. The molecule has 0 bridgehead atoms. The van der Waals surface area contributed by atoms with E-state index in [2.05, 4.69) is 10.3 Å². The molecule has 1 amide bonds. The fraction of sp³-hybridized carbons (Fsp3) is 0.0476. The molecule has 6 heteroatoms. The van der Waals surface area contributed by atoms with E-state index in [1.165, 1.54) is 11.3 Å². The van der Waals surface area contributed by atoms with Crippen LogP contribution < -0.4 is 10.1 Å². The van der Waals surface area contributed by atoms with Crippen LogP contribution in [0.1, 0.15) is 17.0 Å². The highest BCUT2D eigenvalue weighted by atomic mass is 35.5. The topological polar surface area (TPSA) is 51.2 Å². The van der Waals surface area contributed by atoms with Gasteiger partial charge in [-0.1, -0.05) is 59.3 Å².